The highest BCUT2D eigenvalue weighted by molar-refractivity contribution is 5.30. The normalized spacial score (nSPS) is 17.1. The monoisotopic (exact) mass is 249 g/mol. The van der Waals surface area contributed by atoms with Crippen molar-refractivity contribution in [2.45, 2.75) is 32.6 Å². The Morgan fingerprint density at radius 2 is 1.94 bits per heavy atom. The summed E-state index contributed by atoms with van der Waals surface area (Å²) in [6.45, 7) is 5.14. The molecular weight excluding hydrogens is 226 g/mol. The summed E-state index contributed by atoms with van der Waals surface area (Å²) in [4.78, 5) is 11.2. The van der Waals surface area contributed by atoms with E-state index in [0.717, 1.165) is 38.5 Å². The van der Waals surface area contributed by atoms with Crippen molar-refractivity contribution < 1.29 is 4.74 Å². The molecule has 1 fully saturated rings. The Morgan fingerprint density at radius 3 is 2.50 bits per heavy atom. The quantitative estimate of drug-likeness (QED) is 0.802. The molecule has 1 saturated heterocycles. The molecule has 1 aromatic heterocycles. The molecule has 100 valence electrons. The van der Waals surface area contributed by atoms with Gasteiger partial charge >= 0.3 is 0 Å². The molecule has 0 bridgehead atoms. The first-order chi connectivity index (χ1) is 8.83. The number of hydrogen-bond acceptors (Lipinski definition) is 4. The molecule has 0 atom stereocenters. The highest BCUT2D eigenvalue weighted by Gasteiger charge is 2.20. The number of rotatable bonds is 5. The molecule has 0 N–H and O–H groups in total. The van der Waals surface area contributed by atoms with Crippen LogP contribution in [0.15, 0.2) is 12.4 Å². The largest absolute Gasteiger partial charge is 0.384 e. The standard InChI is InChI=1S/C14H23N3O/c1-3-4-13-9-15-14(16-10-13)17-7-5-12(6-8-17)11-18-2/h9-10,12H,3-8,11H2,1-2H3. The van der Waals surface area contributed by atoms with Crippen LogP contribution in [0.5, 0.6) is 0 Å². The fourth-order valence-corrected chi connectivity index (χ4v) is 2.46. The number of anilines is 1. The number of ether oxygens (including phenoxy) is 1. The highest BCUT2D eigenvalue weighted by Crippen LogP contribution is 2.20. The topological polar surface area (TPSA) is 38.2 Å². The molecule has 0 amide bonds. The lowest BCUT2D eigenvalue weighted by molar-refractivity contribution is 0.139. The van der Waals surface area contributed by atoms with Gasteiger partial charge < -0.3 is 9.64 Å². The summed E-state index contributed by atoms with van der Waals surface area (Å²) in [5.74, 6) is 1.58. The van der Waals surface area contributed by atoms with E-state index in [9.17, 15) is 0 Å². The predicted octanol–water partition coefficient (Wildman–Crippen LogP) is 2.29. The van der Waals surface area contributed by atoms with Gasteiger partial charge in [-0.3, -0.25) is 0 Å². The third kappa shape index (κ3) is 3.42. The lowest BCUT2D eigenvalue weighted by Crippen LogP contribution is -2.36. The predicted molar refractivity (Wildman–Crippen MR) is 72.8 cm³/mol. The second kappa shape index (κ2) is 6.69. The van der Waals surface area contributed by atoms with E-state index in [1.165, 1.54) is 18.4 Å². The van der Waals surface area contributed by atoms with Crippen LogP contribution in [0.2, 0.25) is 0 Å². The molecule has 0 unspecified atom stereocenters. The number of aromatic nitrogens is 2. The van der Waals surface area contributed by atoms with Gasteiger partial charge in [0.1, 0.15) is 0 Å². The molecule has 0 radical (unpaired) electrons. The van der Waals surface area contributed by atoms with E-state index in [1.54, 1.807) is 7.11 Å². The molecule has 4 nitrogen and oxygen atoms in total. The second-order valence-electron chi connectivity index (χ2n) is 5.03. The second-order valence-corrected chi connectivity index (χ2v) is 5.03. The summed E-state index contributed by atoms with van der Waals surface area (Å²) in [6, 6.07) is 0. The lowest BCUT2D eigenvalue weighted by Gasteiger charge is -2.31. The van der Waals surface area contributed by atoms with Gasteiger partial charge in [-0.05, 0) is 30.7 Å². The van der Waals surface area contributed by atoms with Crippen LogP contribution in [0.25, 0.3) is 0 Å². The number of nitrogens with zero attached hydrogens (tertiary/aromatic N) is 3. The lowest BCUT2D eigenvalue weighted by atomic mass is 9.98. The third-order valence-electron chi connectivity index (χ3n) is 3.53. The molecular formula is C14H23N3O. The van der Waals surface area contributed by atoms with Gasteiger partial charge in [0.05, 0.1) is 0 Å². The van der Waals surface area contributed by atoms with Crippen LogP contribution in [-0.4, -0.2) is 36.8 Å². The fraction of sp³-hybridized carbons (Fsp3) is 0.714. The van der Waals surface area contributed by atoms with Gasteiger partial charge in [-0.2, -0.15) is 0 Å². The van der Waals surface area contributed by atoms with E-state index < -0.39 is 0 Å². The van der Waals surface area contributed by atoms with Crippen molar-refractivity contribution in [2.24, 2.45) is 5.92 Å². The van der Waals surface area contributed by atoms with Crippen molar-refractivity contribution >= 4 is 5.95 Å². The van der Waals surface area contributed by atoms with Gasteiger partial charge in [-0.15, -0.1) is 0 Å². The molecule has 18 heavy (non-hydrogen) atoms. The van der Waals surface area contributed by atoms with Crippen LogP contribution in [0.1, 0.15) is 31.7 Å². The van der Waals surface area contributed by atoms with Crippen LogP contribution < -0.4 is 4.90 Å². The summed E-state index contributed by atoms with van der Waals surface area (Å²) >= 11 is 0. The summed E-state index contributed by atoms with van der Waals surface area (Å²) in [6.07, 6.45) is 8.49. The van der Waals surface area contributed by atoms with Crippen molar-refractivity contribution in [1.82, 2.24) is 9.97 Å². The van der Waals surface area contributed by atoms with Crippen molar-refractivity contribution in [3.8, 4) is 0 Å². The maximum absolute atomic E-state index is 5.22. The summed E-state index contributed by atoms with van der Waals surface area (Å²) in [5.41, 5.74) is 1.23. The molecule has 1 aliphatic heterocycles. The van der Waals surface area contributed by atoms with Gasteiger partial charge in [0.15, 0.2) is 0 Å². The third-order valence-corrected chi connectivity index (χ3v) is 3.53. The minimum atomic E-state index is 0.700. The Kier molecular flexibility index (Phi) is 4.93. The number of piperidine rings is 1. The summed E-state index contributed by atoms with van der Waals surface area (Å²) in [5, 5.41) is 0. The van der Waals surface area contributed by atoms with Crippen molar-refractivity contribution in [1.29, 1.82) is 0 Å². The first-order valence-electron chi connectivity index (χ1n) is 6.88. The Hall–Kier alpha value is -1.16. The molecule has 2 heterocycles. The zero-order chi connectivity index (χ0) is 12.8. The molecule has 4 heteroatoms. The SMILES string of the molecule is CCCc1cnc(N2CCC(COC)CC2)nc1. The molecule has 1 aliphatic rings. The van der Waals surface area contributed by atoms with Gasteiger partial charge in [-0.1, -0.05) is 13.3 Å². The molecule has 0 aliphatic carbocycles. The zero-order valence-corrected chi connectivity index (χ0v) is 11.4. The molecule has 0 spiro atoms. The van der Waals surface area contributed by atoms with Crippen molar-refractivity contribution in [3.63, 3.8) is 0 Å². The molecule has 1 aromatic rings. The van der Waals surface area contributed by atoms with E-state index in [4.69, 9.17) is 4.74 Å². The first kappa shape index (κ1) is 13.3. The maximum atomic E-state index is 5.22. The van der Waals surface area contributed by atoms with E-state index in [2.05, 4.69) is 21.8 Å². The fourth-order valence-electron chi connectivity index (χ4n) is 2.46. The average molecular weight is 249 g/mol. The van der Waals surface area contributed by atoms with Crippen LogP contribution in [-0.2, 0) is 11.2 Å². The van der Waals surface area contributed by atoms with Crippen LogP contribution in [0.4, 0.5) is 5.95 Å². The summed E-state index contributed by atoms with van der Waals surface area (Å²) < 4.78 is 5.22. The minimum Gasteiger partial charge on any atom is -0.384 e. The highest BCUT2D eigenvalue weighted by atomic mass is 16.5. The smallest absolute Gasteiger partial charge is 0.225 e. The molecule has 2 rings (SSSR count). The van der Waals surface area contributed by atoms with Gasteiger partial charge in [0.25, 0.3) is 0 Å². The van der Waals surface area contributed by atoms with E-state index in [-0.39, 0.29) is 0 Å². The Balaban J connectivity index is 1.89. The molecule has 0 aromatic carbocycles. The Labute approximate surface area is 109 Å². The van der Waals surface area contributed by atoms with Gasteiger partial charge in [-0.25, -0.2) is 9.97 Å². The Bertz CT molecular complexity index is 345. The van der Waals surface area contributed by atoms with E-state index in [0.29, 0.717) is 5.92 Å². The number of methoxy groups -OCH3 is 1. The first-order valence-corrected chi connectivity index (χ1v) is 6.88. The van der Waals surface area contributed by atoms with E-state index >= 15 is 0 Å². The van der Waals surface area contributed by atoms with E-state index in [1.807, 2.05) is 12.4 Å². The van der Waals surface area contributed by atoms with Crippen LogP contribution >= 0.6 is 0 Å². The van der Waals surface area contributed by atoms with Crippen molar-refractivity contribution in [3.05, 3.63) is 18.0 Å². The minimum absolute atomic E-state index is 0.700. The van der Waals surface area contributed by atoms with Gasteiger partial charge in [0, 0.05) is 39.2 Å². The average Bonchev–Trinajstić information content (AvgIpc) is 2.41. The maximum Gasteiger partial charge on any atom is 0.225 e. The zero-order valence-electron chi connectivity index (χ0n) is 11.4. The number of aryl methyl sites for hydroxylation is 1. The van der Waals surface area contributed by atoms with Crippen LogP contribution in [0.3, 0.4) is 0 Å². The summed E-state index contributed by atoms with van der Waals surface area (Å²) in [7, 11) is 1.78. The van der Waals surface area contributed by atoms with Crippen LogP contribution in [0, 0.1) is 5.92 Å². The van der Waals surface area contributed by atoms with Crippen molar-refractivity contribution in [2.75, 3.05) is 31.7 Å². The Morgan fingerprint density at radius 1 is 1.28 bits per heavy atom. The number of hydrogen-bond donors (Lipinski definition) is 0. The molecule has 0 saturated carbocycles. The van der Waals surface area contributed by atoms with Gasteiger partial charge in [0.2, 0.25) is 5.95 Å².